The molecule has 0 bridgehead atoms. The SMILES string of the molecule is CN(C)CCOc1nc2c(c(N3CCN[C@@H](CC#N)C3)n1)CCN(c1cc(Oc3ccccc3)cc3ccccc13)C2. The summed E-state index contributed by atoms with van der Waals surface area (Å²) in [6.07, 6.45) is 1.28. The van der Waals surface area contributed by atoms with Gasteiger partial charge in [0.2, 0.25) is 0 Å². The van der Waals surface area contributed by atoms with Gasteiger partial charge < -0.3 is 29.5 Å². The number of fused-ring (bicyclic) bond motifs is 2. The number of aromatic nitrogens is 2. The molecule has 9 nitrogen and oxygen atoms in total. The Labute approximate surface area is 247 Å². The number of ether oxygens (including phenoxy) is 2. The number of hydrogen-bond donors (Lipinski definition) is 1. The Hall–Kier alpha value is -4.39. The van der Waals surface area contributed by atoms with Gasteiger partial charge in [-0.3, -0.25) is 0 Å². The second kappa shape index (κ2) is 12.6. The van der Waals surface area contributed by atoms with E-state index in [2.05, 4.69) is 62.5 Å². The number of benzene rings is 3. The van der Waals surface area contributed by atoms with Crippen molar-refractivity contribution in [2.45, 2.75) is 25.4 Å². The Morgan fingerprint density at radius 2 is 1.83 bits per heavy atom. The lowest BCUT2D eigenvalue weighted by atomic mass is 10.0. The molecule has 0 spiro atoms. The Morgan fingerprint density at radius 1 is 1.00 bits per heavy atom. The minimum atomic E-state index is 0.117. The van der Waals surface area contributed by atoms with Gasteiger partial charge in [-0.2, -0.15) is 15.2 Å². The maximum absolute atomic E-state index is 9.30. The molecule has 42 heavy (non-hydrogen) atoms. The maximum Gasteiger partial charge on any atom is 0.318 e. The molecule has 0 aliphatic carbocycles. The summed E-state index contributed by atoms with van der Waals surface area (Å²) in [6.45, 7) is 5.14. The van der Waals surface area contributed by atoms with Gasteiger partial charge in [0.1, 0.15) is 23.9 Å². The molecule has 6 rings (SSSR count). The van der Waals surface area contributed by atoms with Crippen molar-refractivity contribution in [1.29, 1.82) is 5.26 Å². The summed E-state index contributed by atoms with van der Waals surface area (Å²) in [5, 5.41) is 15.1. The van der Waals surface area contributed by atoms with Crippen molar-refractivity contribution in [3.8, 4) is 23.6 Å². The first-order valence-electron chi connectivity index (χ1n) is 14.6. The molecule has 1 atom stereocenters. The third-order valence-corrected chi connectivity index (χ3v) is 7.82. The van der Waals surface area contributed by atoms with Gasteiger partial charge in [-0.05, 0) is 44.1 Å². The molecule has 3 aromatic carbocycles. The van der Waals surface area contributed by atoms with Crippen LogP contribution < -0.4 is 24.6 Å². The predicted molar refractivity (Wildman–Crippen MR) is 166 cm³/mol. The molecule has 9 heteroatoms. The van der Waals surface area contributed by atoms with E-state index in [1.165, 1.54) is 10.9 Å². The highest BCUT2D eigenvalue weighted by molar-refractivity contribution is 5.96. The maximum atomic E-state index is 9.30. The highest BCUT2D eigenvalue weighted by Crippen LogP contribution is 2.38. The number of nitriles is 1. The summed E-state index contributed by atoms with van der Waals surface area (Å²) in [7, 11) is 4.05. The van der Waals surface area contributed by atoms with Crippen LogP contribution in [0.1, 0.15) is 17.7 Å². The zero-order valence-electron chi connectivity index (χ0n) is 24.3. The fourth-order valence-corrected chi connectivity index (χ4v) is 5.71. The molecule has 1 aromatic heterocycles. The van der Waals surface area contributed by atoms with E-state index in [4.69, 9.17) is 19.4 Å². The normalized spacial score (nSPS) is 16.8. The molecule has 216 valence electrons. The number of nitrogens with one attached hydrogen (secondary N) is 1. The monoisotopic (exact) mass is 563 g/mol. The highest BCUT2D eigenvalue weighted by atomic mass is 16.5. The first-order chi connectivity index (χ1) is 20.6. The largest absolute Gasteiger partial charge is 0.462 e. The lowest BCUT2D eigenvalue weighted by Gasteiger charge is -2.37. The van der Waals surface area contributed by atoms with Crippen LogP contribution in [-0.4, -0.2) is 74.3 Å². The topological polar surface area (TPSA) is 89.8 Å². The fraction of sp³-hybridized carbons (Fsp3) is 0.364. The van der Waals surface area contributed by atoms with E-state index in [-0.39, 0.29) is 6.04 Å². The van der Waals surface area contributed by atoms with Crippen LogP contribution in [0.4, 0.5) is 11.5 Å². The van der Waals surface area contributed by atoms with Gasteiger partial charge in [0, 0.05) is 61.5 Å². The number of para-hydroxylation sites is 1. The highest BCUT2D eigenvalue weighted by Gasteiger charge is 2.29. The summed E-state index contributed by atoms with van der Waals surface area (Å²) in [5.74, 6) is 2.56. The first-order valence-corrected chi connectivity index (χ1v) is 14.6. The Balaban J connectivity index is 1.34. The Kier molecular flexibility index (Phi) is 8.35. The van der Waals surface area contributed by atoms with Gasteiger partial charge in [-0.1, -0.05) is 42.5 Å². The van der Waals surface area contributed by atoms with Crippen molar-refractivity contribution < 1.29 is 9.47 Å². The van der Waals surface area contributed by atoms with E-state index in [1.54, 1.807) is 0 Å². The summed E-state index contributed by atoms with van der Waals surface area (Å²) >= 11 is 0. The average Bonchev–Trinajstić information content (AvgIpc) is 3.00. The van der Waals surface area contributed by atoms with E-state index >= 15 is 0 Å². The van der Waals surface area contributed by atoms with Gasteiger partial charge in [0.15, 0.2) is 0 Å². The zero-order valence-corrected chi connectivity index (χ0v) is 24.3. The van der Waals surface area contributed by atoms with Gasteiger partial charge >= 0.3 is 6.01 Å². The van der Waals surface area contributed by atoms with E-state index in [9.17, 15) is 5.26 Å². The smallest absolute Gasteiger partial charge is 0.318 e. The summed E-state index contributed by atoms with van der Waals surface area (Å²) in [5.41, 5.74) is 3.28. The van der Waals surface area contributed by atoms with Gasteiger partial charge in [0.25, 0.3) is 0 Å². The molecule has 2 aliphatic heterocycles. The lowest BCUT2D eigenvalue weighted by molar-refractivity contribution is 0.244. The summed E-state index contributed by atoms with van der Waals surface area (Å²) < 4.78 is 12.4. The number of anilines is 2. The minimum Gasteiger partial charge on any atom is -0.462 e. The standard InChI is InChI=1S/C33H37N7O2/c1-38(2)18-19-41-33-36-30-23-39(16-13-29(30)32(37-33)40-17-15-35-25(22-40)12-14-34)31-21-27(42-26-9-4-3-5-10-26)20-24-8-6-7-11-28(24)31/h3-11,20-21,25,35H,12-13,15-19,22-23H2,1-2H3/t25-/m0/s1. The summed E-state index contributed by atoms with van der Waals surface area (Å²) in [6, 6.07) is 25.4. The quantitative estimate of drug-likeness (QED) is 0.313. The first kappa shape index (κ1) is 27.8. The molecule has 1 saturated heterocycles. The van der Waals surface area contributed by atoms with Crippen LogP contribution in [-0.2, 0) is 13.0 Å². The van der Waals surface area contributed by atoms with E-state index in [0.717, 1.165) is 73.2 Å². The second-order valence-electron chi connectivity index (χ2n) is 11.1. The molecule has 1 N–H and O–H groups in total. The molecular weight excluding hydrogens is 526 g/mol. The van der Waals surface area contributed by atoms with Crippen molar-refractivity contribution in [2.75, 3.05) is 63.2 Å². The van der Waals surface area contributed by atoms with E-state index in [1.807, 2.05) is 44.4 Å². The molecule has 0 unspecified atom stereocenters. The van der Waals surface area contributed by atoms with Crippen molar-refractivity contribution in [3.63, 3.8) is 0 Å². The summed E-state index contributed by atoms with van der Waals surface area (Å²) in [4.78, 5) is 16.7. The zero-order chi connectivity index (χ0) is 28.9. The third kappa shape index (κ3) is 6.25. The van der Waals surface area contributed by atoms with Crippen LogP contribution in [0.15, 0.2) is 66.7 Å². The van der Waals surface area contributed by atoms with Gasteiger partial charge in [0.05, 0.1) is 24.7 Å². The van der Waals surface area contributed by atoms with Crippen molar-refractivity contribution in [3.05, 3.63) is 78.0 Å². The lowest BCUT2D eigenvalue weighted by Crippen LogP contribution is -2.51. The van der Waals surface area contributed by atoms with Crippen molar-refractivity contribution in [2.24, 2.45) is 0 Å². The number of piperazine rings is 1. The van der Waals surface area contributed by atoms with Crippen molar-refractivity contribution >= 4 is 22.3 Å². The van der Waals surface area contributed by atoms with Crippen LogP contribution in [0.5, 0.6) is 17.5 Å². The van der Waals surface area contributed by atoms with Crippen LogP contribution in [0.3, 0.4) is 0 Å². The molecule has 2 aliphatic rings. The Bertz CT molecular complexity index is 1570. The number of likely N-dealkylation sites (N-methyl/N-ethyl adjacent to an activating group) is 1. The Morgan fingerprint density at radius 3 is 2.67 bits per heavy atom. The minimum absolute atomic E-state index is 0.117. The van der Waals surface area contributed by atoms with E-state index < -0.39 is 0 Å². The second-order valence-corrected chi connectivity index (χ2v) is 11.1. The molecule has 1 fully saturated rings. The molecule has 3 heterocycles. The van der Waals surface area contributed by atoms with Crippen LogP contribution in [0.25, 0.3) is 10.8 Å². The molecule has 0 amide bonds. The average molecular weight is 564 g/mol. The van der Waals surface area contributed by atoms with Crippen LogP contribution in [0.2, 0.25) is 0 Å². The number of hydrogen-bond acceptors (Lipinski definition) is 9. The number of rotatable bonds is 9. The third-order valence-electron chi connectivity index (χ3n) is 7.82. The predicted octanol–water partition coefficient (Wildman–Crippen LogP) is 4.62. The van der Waals surface area contributed by atoms with Gasteiger partial charge in [-0.25, -0.2) is 0 Å². The molecule has 0 radical (unpaired) electrons. The van der Waals surface area contributed by atoms with E-state index in [0.29, 0.717) is 25.6 Å². The van der Waals surface area contributed by atoms with Crippen molar-refractivity contribution in [1.82, 2.24) is 20.2 Å². The molecule has 0 saturated carbocycles. The molecular formula is C33H37N7O2. The van der Waals surface area contributed by atoms with Crippen LogP contribution in [0, 0.1) is 11.3 Å². The molecule has 4 aromatic rings. The number of nitrogens with zero attached hydrogens (tertiary/aromatic N) is 6. The fourth-order valence-electron chi connectivity index (χ4n) is 5.71. The van der Waals surface area contributed by atoms with Crippen LogP contribution >= 0.6 is 0 Å². The van der Waals surface area contributed by atoms with Gasteiger partial charge in [-0.15, -0.1) is 0 Å².